The first-order chi connectivity index (χ1) is 6.58. The van der Waals surface area contributed by atoms with Crippen molar-refractivity contribution in [3.63, 3.8) is 0 Å². The van der Waals surface area contributed by atoms with Gasteiger partial charge in [-0.25, -0.2) is 8.78 Å². The second-order valence-electron chi connectivity index (χ2n) is 2.65. The minimum atomic E-state index is -2.40. The molecule has 0 radical (unpaired) electrons. The van der Waals surface area contributed by atoms with E-state index >= 15 is 0 Å². The molecule has 14 heavy (non-hydrogen) atoms. The SMILES string of the molecule is Fc1cc(F)c2c(c1)OC(F)C(F)O2. The van der Waals surface area contributed by atoms with Crippen molar-refractivity contribution in [2.24, 2.45) is 0 Å². The lowest BCUT2D eigenvalue weighted by Crippen LogP contribution is -2.33. The van der Waals surface area contributed by atoms with E-state index < -0.39 is 35.8 Å². The Labute approximate surface area is 76.0 Å². The molecule has 0 amide bonds. The zero-order valence-corrected chi connectivity index (χ0v) is 6.64. The summed E-state index contributed by atoms with van der Waals surface area (Å²) >= 11 is 0. The third kappa shape index (κ3) is 1.36. The standard InChI is InChI=1S/C8H4F4O2/c9-3-1-4(10)6-5(2-3)13-7(11)8(12)14-6/h1-2,7-8H. The normalized spacial score (nSPS) is 24.9. The second kappa shape index (κ2) is 3.04. The third-order valence-electron chi connectivity index (χ3n) is 1.65. The summed E-state index contributed by atoms with van der Waals surface area (Å²) in [5, 5.41) is 0. The van der Waals surface area contributed by atoms with E-state index in [1.807, 2.05) is 0 Å². The molecule has 2 rings (SSSR count). The largest absolute Gasteiger partial charge is 0.450 e. The van der Waals surface area contributed by atoms with Gasteiger partial charge in [-0.1, -0.05) is 0 Å². The number of halogens is 4. The summed E-state index contributed by atoms with van der Waals surface area (Å²) in [7, 11) is 0. The predicted octanol–water partition coefficient (Wildman–Crippen LogP) is 2.33. The molecule has 2 atom stereocenters. The van der Waals surface area contributed by atoms with Gasteiger partial charge in [-0.2, -0.15) is 8.78 Å². The first-order valence-corrected chi connectivity index (χ1v) is 3.68. The van der Waals surface area contributed by atoms with Crippen molar-refractivity contribution in [1.29, 1.82) is 0 Å². The van der Waals surface area contributed by atoms with Gasteiger partial charge in [0.05, 0.1) is 0 Å². The van der Waals surface area contributed by atoms with E-state index in [4.69, 9.17) is 0 Å². The lowest BCUT2D eigenvalue weighted by molar-refractivity contribution is -0.122. The fourth-order valence-electron chi connectivity index (χ4n) is 1.08. The van der Waals surface area contributed by atoms with Crippen molar-refractivity contribution in [2.45, 2.75) is 12.7 Å². The molecule has 2 nitrogen and oxygen atoms in total. The van der Waals surface area contributed by atoms with Crippen LogP contribution in [-0.2, 0) is 0 Å². The van der Waals surface area contributed by atoms with Crippen LogP contribution in [0.1, 0.15) is 0 Å². The van der Waals surface area contributed by atoms with Gasteiger partial charge < -0.3 is 9.47 Å². The number of fused-ring (bicyclic) bond motifs is 1. The molecule has 2 unspecified atom stereocenters. The van der Waals surface area contributed by atoms with E-state index in [0.29, 0.717) is 6.07 Å². The summed E-state index contributed by atoms with van der Waals surface area (Å²) in [5.74, 6) is -3.18. The van der Waals surface area contributed by atoms with Gasteiger partial charge in [0, 0.05) is 12.1 Å². The van der Waals surface area contributed by atoms with Gasteiger partial charge >= 0.3 is 12.7 Å². The lowest BCUT2D eigenvalue weighted by Gasteiger charge is -2.24. The van der Waals surface area contributed by atoms with Crippen molar-refractivity contribution in [3.8, 4) is 11.5 Å². The zero-order valence-electron chi connectivity index (χ0n) is 6.64. The maximum Gasteiger partial charge on any atom is 0.305 e. The first kappa shape index (κ1) is 9.11. The van der Waals surface area contributed by atoms with Crippen LogP contribution in [0.4, 0.5) is 17.6 Å². The van der Waals surface area contributed by atoms with Crippen LogP contribution in [0.5, 0.6) is 11.5 Å². The second-order valence-corrected chi connectivity index (χ2v) is 2.65. The number of benzene rings is 1. The van der Waals surface area contributed by atoms with Crippen LogP contribution < -0.4 is 9.47 Å². The number of ether oxygens (including phenoxy) is 2. The van der Waals surface area contributed by atoms with Crippen LogP contribution in [0.25, 0.3) is 0 Å². The van der Waals surface area contributed by atoms with Crippen molar-refractivity contribution >= 4 is 0 Å². The molecular formula is C8H4F4O2. The van der Waals surface area contributed by atoms with E-state index in [-0.39, 0.29) is 0 Å². The molecule has 1 aliphatic rings. The Bertz CT molecular complexity index is 369. The summed E-state index contributed by atoms with van der Waals surface area (Å²) in [5.41, 5.74) is 0. The summed E-state index contributed by atoms with van der Waals surface area (Å²) in [4.78, 5) is 0. The minimum absolute atomic E-state index is 0.482. The van der Waals surface area contributed by atoms with Gasteiger partial charge in [-0.3, -0.25) is 0 Å². The monoisotopic (exact) mass is 208 g/mol. The highest BCUT2D eigenvalue weighted by Gasteiger charge is 2.33. The van der Waals surface area contributed by atoms with Crippen molar-refractivity contribution in [1.82, 2.24) is 0 Å². The Morgan fingerprint density at radius 2 is 1.64 bits per heavy atom. The number of alkyl halides is 2. The average molecular weight is 208 g/mol. The van der Waals surface area contributed by atoms with Gasteiger partial charge in [-0.15, -0.1) is 0 Å². The molecule has 1 aromatic rings. The molecule has 76 valence electrons. The quantitative estimate of drug-likeness (QED) is 0.609. The molecule has 0 saturated heterocycles. The molecule has 6 heteroatoms. The molecule has 1 aromatic carbocycles. The molecule has 0 N–H and O–H groups in total. The summed E-state index contributed by atoms with van der Waals surface area (Å²) in [6, 6.07) is 1.21. The van der Waals surface area contributed by atoms with Crippen molar-refractivity contribution in [2.75, 3.05) is 0 Å². The van der Waals surface area contributed by atoms with Crippen molar-refractivity contribution in [3.05, 3.63) is 23.8 Å². The van der Waals surface area contributed by atoms with E-state index in [9.17, 15) is 17.6 Å². The van der Waals surface area contributed by atoms with E-state index in [0.717, 1.165) is 6.07 Å². The Kier molecular flexibility index (Phi) is 1.98. The maximum absolute atomic E-state index is 12.9. The Hall–Kier alpha value is -1.46. The highest BCUT2D eigenvalue weighted by atomic mass is 19.2. The number of rotatable bonds is 0. The Balaban J connectivity index is 2.46. The van der Waals surface area contributed by atoms with Crippen LogP contribution >= 0.6 is 0 Å². The molecule has 1 aliphatic heterocycles. The van der Waals surface area contributed by atoms with E-state index in [2.05, 4.69) is 9.47 Å². The summed E-state index contributed by atoms with van der Waals surface area (Å²) in [6.07, 6.45) is -4.77. The molecule has 0 fully saturated rings. The van der Waals surface area contributed by atoms with Crippen molar-refractivity contribution < 1.29 is 27.0 Å². The molecule has 0 saturated carbocycles. The van der Waals surface area contributed by atoms with Gasteiger partial charge in [0.2, 0.25) is 5.75 Å². The highest BCUT2D eigenvalue weighted by molar-refractivity contribution is 5.42. The highest BCUT2D eigenvalue weighted by Crippen LogP contribution is 2.37. The van der Waals surface area contributed by atoms with Crippen LogP contribution in [-0.4, -0.2) is 12.7 Å². The average Bonchev–Trinajstić information content (AvgIpc) is 2.08. The van der Waals surface area contributed by atoms with Gasteiger partial charge in [0.15, 0.2) is 11.6 Å². The molecule has 1 heterocycles. The summed E-state index contributed by atoms with van der Waals surface area (Å²) < 4.78 is 59.1. The van der Waals surface area contributed by atoms with Crippen LogP contribution in [0.3, 0.4) is 0 Å². The molecule has 0 bridgehead atoms. The zero-order chi connectivity index (χ0) is 10.3. The maximum atomic E-state index is 12.9. The van der Waals surface area contributed by atoms with Gasteiger partial charge in [0.25, 0.3) is 0 Å². The molecule has 0 aromatic heterocycles. The summed E-state index contributed by atoms with van der Waals surface area (Å²) in [6.45, 7) is 0. The van der Waals surface area contributed by atoms with E-state index in [1.54, 1.807) is 0 Å². The smallest absolute Gasteiger partial charge is 0.305 e. The van der Waals surface area contributed by atoms with Gasteiger partial charge in [0.1, 0.15) is 5.82 Å². The van der Waals surface area contributed by atoms with Gasteiger partial charge in [-0.05, 0) is 0 Å². The topological polar surface area (TPSA) is 18.5 Å². The predicted molar refractivity (Wildman–Crippen MR) is 37.4 cm³/mol. The lowest BCUT2D eigenvalue weighted by atomic mass is 10.3. The Morgan fingerprint density at radius 1 is 1.00 bits per heavy atom. The number of hydrogen-bond donors (Lipinski definition) is 0. The van der Waals surface area contributed by atoms with Crippen LogP contribution in [0.2, 0.25) is 0 Å². The number of hydrogen-bond acceptors (Lipinski definition) is 2. The van der Waals surface area contributed by atoms with Crippen LogP contribution in [0.15, 0.2) is 12.1 Å². The molecular weight excluding hydrogens is 204 g/mol. The fraction of sp³-hybridized carbons (Fsp3) is 0.250. The minimum Gasteiger partial charge on any atom is -0.450 e. The Morgan fingerprint density at radius 3 is 2.36 bits per heavy atom. The fourth-order valence-corrected chi connectivity index (χ4v) is 1.08. The first-order valence-electron chi connectivity index (χ1n) is 3.68. The van der Waals surface area contributed by atoms with Crippen LogP contribution in [0, 0.1) is 11.6 Å². The molecule has 0 spiro atoms. The molecule has 0 aliphatic carbocycles. The third-order valence-corrected chi connectivity index (χ3v) is 1.65. The van der Waals surface area contributed by atoms with E-state index in [1.165, 1.54) is 0 Å².